The quantitative estimate of drug-likeness (QED) is 0.878. The van der Waals surface area contributed by atoms with Crippen LogP contribution in [0.15, 0.2) is 35.3 Å². The second-order valence-corrected chi connectivity index (χ2v) is 6.15. The van der Waals surface area contributed by atoms with Crippen LogP contribution in [-0.2, 0) is 11.3 Å². The van der Waals surface area contributed by atoms with Crippen molar-refractivity contribution in [2.45, 2.75) is 25.9 Å². The SMILES string of the molecule is CC1(C)COCC12CN=C(N)N2Cc1ccccc1. The maximum atomic E-state index is 6.12. The number of guanidine groups is 1. The Morgan fingerprint density at radius 3 is 2.63 bits per heavy atom. The normalized spacial score (nSPS) is 28.9. The van der Waals surface area contributed by atoms with Crippen molar-refractivity contribution < 1.29 is 4.74 Å². The molecule has 1 aromatic rings. The Morgan fingerprint density at radius 1 is 1.26 bits per heavy atom. The van der Waals surface area contributed by atoms with Crippen LogP contribution < -0.4 is 5.73 Å². The minimum atomic E-state index is -0.0904. The Hall–Kier alpha value is -1.55. The van der Waals surface area contributed by atoms with E-state index in [1.165, 1.54) is 5.56 Å². The molecule has 1 unspecified atom stereocenters. The van der Waals surface area contributed by atoms with Gasteiger partial charge in [-0.05, 0) is 5.56 Å². The number of hydrogen-bond acceptors (Lipinski definition) is 4. The number of hydrogen-bond donors (Lipinski definition) is 1. The highest BCUT2D eigenvalue weighted by molar-refractivity contribution is 5.81. The smallest absolute Gasteiger partial charge is 0.192 e. The van der Waals surface area contributed by atoms with Gasteiger partial charge in [0, 0.05) is 12.0 Å². The van der Waals surface area contributed by atoms with Crippen molar-refractivity contribution in [3.63, 3.8) is 0 Å². The number of aliphatic imine (C=N–C) groups is 1. The van der Waals surface area contributed by atoms with E-state index in [1.807, 2.05) is 6.07 Å². The molecular weight excluding hydrogens is 238 g/mol. The van der Waals surface area contributed by atoms with Gasteiger partial charge in [0.05, 0.1) is 25.3 Å². The van der Waals surface area contributed by atoms with Gasteiger partial charge in [-0.15, -0.1) is 0 Å². The molecule has 3 rings (SSSR count). The van der Waals surface area contributed by atoms with Gasteiger partial charge in [-0.3, -0.25) is 4.99 Å². The number of nitrogens with zero attached hydrogens (tertiary/aromatic N) is 2. The van der Waals surface area contributed by atoms with Crippen LogP contribution in [-0.4, -0.2) is 36.2 Å². The highest BCUT2D eigenvalue weighted by Crippen LogP contribution is 2.44. The highest BCUT2D eigenvalue weighted by atomic mass is 16.5. The number of ether oxygens (including phenoxy) is 1. The van der Waals surface area contributed by atoms with Gasteiger partial charge in [0.2, 0.25) is 0 Å². The van der Waals surface area contributed by atoms with Gasteiger partial charge in [-0.2, -0.15) is 0 Å². The summed E-state index contributed by atoms with van der Waals surface area (Å²) in [6.45, 7) is 7.48. The van der Waals surface area contributed by atoms with Gasteiger partial charge in [0.25, 0.3) is 0 Å². The Bertz CT molecular complexity index is 497. The summed E-state index contributed by atoms with van der Waals surface area (Å²) >= 11 is 0. The van der Waals surface area contributed by atoms with E-state index in [4.69, 9.17) is 10.5 Å². The molecule has 2 N–H and O–H groups in total. The lowest BCUT2D eigenvalue weighted by molar-refractivity contribution is 0.0928. The van der Waals surface area contributed by atoms with Crippen LogP contribution in [0.4, 0.5) is 0 Å². The number of benzene rings is 1. The molecule has 102 valence electrons. The maximum absolute atomic E-state index is 6.12. The zero-order valence-corrected chi connectivity index (χ0v) is 11.6. The summed E-state index contributed by atoms with van der Waals surface area (Å²) in [6.07, 6.45) is 0. The van der Waals surface area contributed by atoms with E-state index in [1.54, 1.807) is 0 Å². The van der Waals surface area contributed by atoms with E-state index in [-0.39, 0.29) is 11.0 Å². The van der Waals surface area contributed by atoms with Crippen molar-refractivity contribution in [1.29, 1.82) is 0 Å². The van der Waals surface area contributed by atoms with Crippen molar-refractivity contribution in [3.8, 4) is 0 Å². The summed E-state index contributed by atoms with van der Waals surface area (Å²) in [5.41, 5.74) is 7.35. The van der Waals surface area contributed by atoms with Crippen molar-refractivity contribution in [3.05, 3.63) is 35.9 Å². The van der Waals surface area contributed by atoms with Gasteiger partial charge in [-0.25, -0.2) is 0 Å². The molecule has 1 atom stereocenters. The van der Waals surface area contributed by atoms with Crippen LogP contribution in [0.3, 0.4) is 0 Å². The summed E-state index contributed by atoms with van der Waals surface area (Å²) in [5, 5.41) is 0. The van der Waals surface area contributed by atoms with E-state index in [9.17, 15) is 0 Å². The molecule has 0 radical (unpaired) electrons. The lowest BCUT2D eigenvalue weighted by Gasteiger charge is -2.43. The van der Waals surface area contributed by atoms with Gasteiger partial charge in [0.1, 0.15) is 0 Å². The van der Waals surface area contributed by atoms with Crippen LogP contribution >= 0.6 is 0 Å². The Kier molecular flexibility index (Phi) is 2.78. The minimum absolute atomic E-state index is 0.0619. The molecule has 0 bridgehead atoms. The first-order chi connectivity index (χ1) is 9.05. The standard InChI is InChI=1S/C15H21N3O/c1-14(2)10-19-11-15(14)9-17-13(16)18(15)8-12-6-4-3-5-7-12/h3-7H,8-11H2,1-2H3,(H2,16,17). The summed E-state index contributed by atoms with van der Waals surface area (Å²) in [7, 11) is 0. The maximum Gasteiger partial charge on any atom is 0.192 e. The second kappa shape index (κ2) is 4.23. The molecule has 4 heteroatoms. The van der Waals surface area contributed by atoms with Crippen molar-refractivity contribution >= 4 is 5.96 Å². The Morgan fingerprint density at radius 2 is 2.00 bits per heavy atom. The largest absolute Gasteiger partial charge is 0.378 e. The van der Waals surface area contributed by atoms with E-state index >= 15 is 0 Å². The molecule has 4 nitrogen and oxygen atoms in total. The first-order valence-corrected chi connectivity index (χ1v) is 6.74. The monoisotopic (exact) mass is 259 g/mol. The van der Waals surface area contributed by atoms with Crippen LogP contribution in [0.1, 0.15) is 19.4 Å². The zero-order valence-electron chi connectivity index (χ0n) is 11.6. The minimum Gasteiger partial charge on any atom is -0.378 e. The van der Waals surface area contributed by atoms with Crippen molar-refractivity contribution in [2.24, 2.45) is 16.1 Å². The fourth-order valence-electron chi connectivity index (χ4n) is 3.11. The highest BCUT2D eigenvalue weighted by Gasteiger charge is 2.56. The first-order valence-electron chi connectivity index (χ1n) is 6.74. The molecule has 0 aromatic heterocycles. The summed E-state index contributed by atoms with van der Waals surface area (Å²) in [6, 6.07) is 10.4. The van der Waals surface area contributed by atoms with E-state index in [0.29, 0.717) is 12.6 Å². The second-order valence-electron chi connectivity index (χ2n) is 6.15. The summed E-state index contributed by atoms with van der Waals surface area (Å²) < 4.78 is 5.74. The molecular formula is C15H21N3O. The topological polar surface area (TPSA) is 50.9 Å². The van der Waals surface area contributed by atoms with Gasteiger partial charge >= 0.3 is 0 Å². The molecule has 1 saturated heterocycles. The predicted molar refractivity (Wildman–Crippen MR) is 75.8 cm³/mol. The van der Waals surface area contributed by atoms with E-state index in [2.05, 4.69) is 48.0 Å². The molecule has 2 aliphatic rings. The zero-order chi connectivity index (χ0) is 13.5. The molecule has 2 aliphatic heterocycles. The van der Waals surface area contributed by atoms with Gasteiger partial charge < -0.3 is 15.4 Å². The average Bonchev–Trinajstić information content (AvgIpc) is 2.86. The van der Waals surface area contributed by atoms with Crippen molar-refractivity contribution in [1.82, 2.24) is 4.90 Å². The summed E-state index contributed by atoms with van der Waals surface area (Å²) in [5.74, 6) is 0.641. The lowest BCUT2D eigenvalue weighted by Crippen LogP contribution is -2.59. The molecule has 0 saturated carbocycles. The fraction of sp³-hybridized carbons (Fsp3) is 0.533. The molecule has 0 aliphatic carbocycles. The van der Waals surface area contributed by atoms with Gasteiger partial charge in [0.15, 0.2) is 5.96 Å². The fourth-order valence-corrected chi connectivity index (χ4v) is 3.11. The number of rotatable bonds is 2. The van der Waals surface area contributed by atoms with Crippen LogP contribution in [0, 0.1) is 5.41 Å². The molecule has 1 spiro atoms. The third-order valence-electron chi connectivity index (χ3n) is 4.54. The third-order valence-corrected chi connectivity index (χ3v) is 4.54. The Balaban J connectivity index is 1.91. The van der Waals surface area contributed by atoms with Gasteiger partial charge in [-0.1, -0.05) is 44.2 Å². The first kappa shape index (κ1) is 12.5. The molecule has 19 heavy (non-hydrogen) atoms. The predicted octanol–water partition coefficient (Wildman–Crippen LogP) is 1.61. The summed E-state index contributed by atoms with van der Waals surface area (Å²) in [4.78, 5) is 6.72. The molecule has 1 fully saturated rings. The van der Waals surface area contributed by atoms with E-state index in [0.717, 1.165) is 19.7 Å². The molecule has 2 heterocycles. The lowest BCUT2D eigenvalue weighted by atomic mass is 9.74. The van der Waals surface area contributed by atoms with E-state index < -0.39 is 0 Å². The Labute approximate surface area is 114 Å². The van der Waals surface area contributed by atoms with Crippen LogP contribution in [0.5, 0.6) is 0 Å². The number of nitrogens with two attached hydrogens (primary N) is 1. The van der Waals surface area contributed by atoms with Crippen molar-refractivity contribution in [2.75, 3.05) is 19.8 Å². The van der Waals surface area contributed by atoms with Crippen LogP contribution in [0.2, 0.25) is 0 Å². The molecule has 0 amide bonds. The molecule has 1 aromatic carbocycles. The third kappa shape index (κ3) is 1.82. The van der Waals surface area contributed by atoms with Crippen LogP contribution in [0.25, 0.3) is 0 Å². The average molecular weight is 259 g/mol.